The van der Waals surface area contributed by atoms with Gasteiger partial charge in [0.05, 0.1) is 18.9 Å². The minimum atomic E-state index is -5.15. The maximum absolute atomic E-state index is 12.7. The first-order valence-corrected chi connectivity index (χ1v) is 12.3. The highest BCUT2D eigenvalue weighted by Crippen LogP contribution is 2.33. The third-order valence-corrected chi connectivity index (χ3v) is 4.86. The molecular weight excluding hydrogens is 479 g/mol. The fraction of sp³-hybridized carbons (Fsp3) is 0.143. The molecule has 9 nitrogen and oxygen atoms in total. The van der Waals surface area contributed by atoms with E-state index >= 15 is 0 Å². The van der Waals surface area contributed by atoms with Crippen LogP contribution in [0, 0.1) is 0 Å². The van der Waals surface area contributed by atoms with Crippen molar-refractivity contribution in [3.05, 3.63) is 78.4 Å². The Morgan fingerprint density at radius 3 is 1.61 bits per heavy atom. The molecule has 12 heteroatoms. The minimum absolute atomic E-state index is 0.109. The highest BCUT2D eigenvalue weighted by molar-refractivity contribution is 7.86. The SMILES string of the molecule is COc1ccccc1C(Oc1ccc(OS(C)(=O)=O)cc1)Oc1ccc(OS(=O)(=O)F)cc1. The van der Waals surface area contributed by atoms with Crippen LogP contribution in [0.3, 0.4) is 0 Å². The molecule has 0 aliphatic rings. The molecule has 0 aliphatic heterocycles. The molecular formula is C21H19FO9S2. The average Bonchev–Trinajstić information content (AvgIpc) is 2.74. The number of halogens is 1. The zero-order chi connectivity index (χ0) is 24.1. The molecule has 0 bridgehead atoms. The molecule has 0 N–H and O–H groups in total. The largest absolute Gasteiger partial charge is 0.496 e. The van der Waals surface area contributed by atoms with Crippen molar-refractivity contribution in [2.75, 3.05) is 13.4 Å². The molecule has 0 radical (unpaired) electrons. The topological polar surface area (TPSA) is 114 Å². The first-order chi connectivity index (χ1) is 15.5. The van der Waals surface area contributed by atoms with E-state index in [1.165, 1.54) is 55.6 Å². The smallest absolute Gasteiger partial charge is 0.488 e. The summed E-state index contributed by atoms with van der Waals surface area (Å²) in [5.74, 6) is 0.934. The number of rotatable bonds is 10. The van der Waals surface area contributed by atoms with Crippen molar-refractivity contribution in [3.63, 3.8) is 0 Å². The van der Waals surface area contributed by atoms with Crippen molar-refractivity contribution in [1.82, 2.24) is 0 Å². The van der Waals surface area contributed by atoms with Crippen LogP contribution in [-0.4, -0.2) is 30.2 Å². The highest BCUT2D eigenvalue weighted by atomic mass is 32.3. The van der Waals surface area contributed by atoms with Gasteiger partial charge in [-0.15, -0.1) is 0 Å². The van der Waals surface area contributed by atoms with Gasteiger partial charge in [0.2, 0.25) is 0 Å². The molecule has 1 unspecified atom stereocenters. The van der Waals surface area contributed by atoms with E-state index in [9.17, 15) is 20.7 Å². The second-order valence-corrected chi connectivity index (χ2v) is 9.04. The van der Waals surface area contributed by atoms with E-state index in [-0.39, 0.29) is 17.2 Å². The summed E-state index contributed by atoms with van der Waals surface area (Å²) < 4.78 is 82.7. The Kier molecular flexibility index (Phi) is 7.29. The van der Waals surface area contributed by atoms with E-state index in [4.69, 9.17) is 18.4 Å². The van der Waals surface area contributed by atoms with Crippen molar-refractivity contribution in [2.24, 2.45) is 0 Å². The van der Waals surface area contributed by atoms with Gasteiger partial charge in [0.1, 0.15) is 28.7 Å². The molecule has 3 aromatic carbocycles. The van der Waals surface area contributed by atoms with E-state index < -0.39 is 26.9 Å². The summed E-state index contributed by atoms with van der Waals surface area (Å²) in [6, 6.07) is 17.9. The molecule has 176 valence electrons. The molecule has 3 rings (SSSR count). The average molecular weight is 499 g/mol. The van der Waals surface area contributed by atoms with Crippen molar-refractivity contribution in [3.8, 4) is 28.7 Å². The summed E-state index contributed by atoms with van der Waals surface area (Å²) in [4.78, 5) is 0. The molecule has 3 aromatic rings. The number of hydrogen-bond donors (Lipinski definition) is 0. The van der Waals surface area contributed by atoms with E-state index in [0.717, 1.165) is 6.26 Å². The fourth-order valence-electron chi connectivity index (χ4n) is 2.70. The van der Waals surface area contributed by atoms with E-state index in [0.29, 0.717) is 17.1 Å². The molecule has 0 fully saturated rings. The first-order valence-electron chi connectivity index (χ1n) is 9.22. The number of para-hydroxylation sites is 1. The lowest BCUT2D eigenvalue weighted by molar-refractivity contribution is 0.00204. The van der Waals surface area contributed by atoms with Gasteiger partial charge >= 0.3 is 20.6 Å². The molecule has 0 heterocycles. The van der Waals surface area contributed by atoms with Crippen LogP contribution in [0.5, 0.6) is 28.7 Å². The quantitative estimate of drug-likeness (QED) is 0.234. The molecule has 1 atom stereocenters. The van der Waals surface area contributed by atoms with Crippen LogP contribution in [0.1, 0.15) is 11.9 Å². The predicted molar refractivity (Wildman–Crippen MR) is 116 cm³/mol. The summed E-state index contributed by atoms with van der Waals surface area (Å²) in [5, 5.41) is 0. The van der Waals surface area contributed by atoms with Crippen LogP contribution in [0.4, 0.5) is 3.89 Å². The Balaban J connectivity index is 1.86. The van der Waals surface area contributed by atoms with Crippen LogP contribution < -0.4 is 22.6 Å². The Labute approximate surface area is 190 Å². The van der Waals surface area contributed by atoms with Crippen LogP contribution in [-0.2, 0) is 20.6 Å². The molecule has 0 aliphatic carbocycles. The second kappa shape index (κ2) is 9.96. The number of methoxy groups -OCH3 is 1. The van der Waals surface area contributed by atoms with Crippen LogP contribution in [0.2, 0.25) is 0 Å². The lowest BCUT2D eigenvalue weighted by atomic mass is 10.2. The van der Waals surface area contributed by atoms with Crippen molar-refractivity contribution in [1.29, 1.82) is 0 Å². The molecule has 0 amide bonds. The van der Waals surface area contributed by atoms with Crippen molar-refractivity contribution >= 4 is 20.6 Å². The summed E-state index contributed by atoms with van der Waals surface area (Å²) >= 11 is 0. The maximum atomic E-state index is 12.7. The van der Waals surface area contributed by atoms with E-state index in [1.54, 1.807) is 24.3 Å². The number of benzene rings is 3. The Hall–Kier alpha value is -3.51. The molecule has 0 saturated carbocycles. The maximum Gasteiger partial charge on any atom is 0.488 e. The Bertz CT molecular complexity index is 1210. The molecule has 0 saturated heterocycles. The van der Waals surface area contributed by atoms with Gasteiger partial charge in [-0.2, -0.15) is 16.8 Å². The van der Waals surface area contributed by atoms with Crippen molar-refractivity contribution in [2.45, 2.75) is 6.29 Å². The Morgan fingerprint density at radius 1 is 0.697 bits per heavy atom. The first kappa shape index (κ1) is 24.1. The zero-order valence-electron chi connectivity index (χ0n) is 17.4. The van der Waals surface area contributed by atoms with Gasteiger partial charge in [0.25, 0.3) is 6.29 Å². The van der Waals surface area contributed by atoms with Crippen LogP contribution in [0.15, 0.2) is 72.8 Å². The normalized spacial score (nSPS) is 12.5. The third-order valence-electron chi connectivity index (χ3n) is 3.97. The van der Waals surface area contributed by atoms with Crippen LogP contribution >= 0.6 is 0 Å². The summed E-state index contributed by atoms with van der Waals surface area (Å²) in [7, 11) is -7.34. The van der Waals surface area contributed by atoms with Gasteiger partial charge in [-0.05, 0) is 60.7 Å². The monoisotopic (exact) mass is 498 g/mol. The molecule has 0 spiro atoms. The lowest BCUT2D eigenvalue weighted by Gasteiger charge is -2.22. The zero-order valence-corrected chi connectivity index (χ0v) is 19.0. The second-order valence-electron chi connectivity index (χ2n) is 6.52. The number of ether oxygens (including phenoxy) is 3. The third kappa shape index (κ3) is 7.54. The number of hydrogen-bond acceptors (Lipinski definition) is 9. The molecule has 0 aromatic heterocycles. The highest BCUT2D eigenvalue weighted by Gasteiger charge is 2.21. The van der Waals surface area contributed by atoms with Crippen LogP contribution in [0.25, 0.3) is 0 Å². The summed E-state index contributed by atoms with van der Waals surface area (Å²) in [5.41, 5.74) is 0.531. The lowest BCUT2D eigenvalue weighted by Crippen LogP contribution is -2.16. The minimum Gasteiger partial charge on any atom is -0.496 e. The van der Waals surface area contributed by atoms with Gasteiger partial charge in [0.15, 0.2) is 0 Å². The molecule has 33 heavy (non-hydrogen) atoms. The van der Waals surface area contributed by atoms with E-state index in [2.05, 4.69) is 4.18 Å². The van der Waals surface area contributed by atoms with Gasteiger partial charge in [0, 0.05) is 0 Å². The summed E-state index contributed by atoms with van der Waals surface area (Å²) in [6.45, 7) is 0. The standard InChI is InChI=1S/C21H19FO9S2/c1-27-20-6-4-3-5-19(20)21(28-15-7-11-17(12-8-15)30-32(2,23)24)29-16-9-13-18(14-10-16)31-33(22,25)26/h3-14,21H,1-2H3. The van der Waals surface area contributed by atoms with Gasteiger partial charge in [-0.3, -0.25) is 0 Å². The van der Waals surface area contributed by atoms with Gasteiger partial charge in [-0.1, -0.05) is 16.0 Å². The van der Waals surface area contributed by atoms with Gasteiger partial charge < -0.3 is 22.6 Å². The van der Waals surface area contributed by atoms with Crippen molar-refractivity contribution < 1.29 is 43.3 Å². The fourth-order valence-corrected chi connectivity index (χ4v) is 3.50. The predicted octanol–water partition coefficient (Wildman–Crippen LogP) is 3.78. The van der Waals surface area contributed by atoms with Gasteiger partial charge in [-0.25, -0.2) is 0 Å². The summed E-state index contributed by atoms with van der Waals surface area (Å²) in [6.07, 6.45) is -0.0954. The van der Waals surface area contributed by atoms with E-state index in [1.807, 2.05) is 0 Å². The Morgan fingerprint density at radius 2 is 1.15 bits per heavy atom.